The van der Waals surface area contributed by atoms with Crippen LogP contribution in [-0.2, 0) is 10.0 Å². The molecular formula is C20H21N3O5S. The topological polar surface area (TPSA) is 106 Å². The summed E-state index contributed by atoms with van der Waals surface area (Å²) in [6.07, 6.45) is 3.31. The van der Waals surface area contributed by atoms with Gasteiger partial charge in [-0.3, -0.25) is 10.1 Å². The lowest BCUT2D eigenvalue weighted by atomic mass is 9.90. The first-order chi connectivity index (χ1) is 13.9. The van der Waals surface area contributed by atoms with Crippen molar-refractivity contribution in [1.82, 2.24) is 9.29 Å². The lowest BCUT2D eigenvalue weighted by Crippen LogP contribution is -2.38. The fourth-order valence-electron chi connectivity index (χ4n) is 3.96. The molecule has 0 bridgehead atoms. The van der Waals surface area contributed by atoms with E-state index >= 15 is 0 Å². The highest BCUT2D eigenvalue weighted by atomic mass is 32.2. The minimum Gasteiger partial charge on any atom is -0.497 e. The maximum Gasteiger partial charge on any atom is 0.293 e. The smallest absolute Gasteiger partial charge is 0.293 e. The number of methoxy groups -OCH3 is 1. The Bertz CT molecular complexity index is 1160. The van der Waals surface area contributed by atoms with E-state index in [0.717, 1.165) is 17.0 Å². The van der Waals surface area contributed by atoms with Gasteiger partial charge in [-0.05, 0) is 42.5 Å². The molecule has 0 spiro atoms. The Morgan fingerprint density at radius 1 is 1.17 bits per heavy atom. The highest BCUT2D eigenvalue weighted by Crippen LogP contribution is 2.36. The molecule has 0 aliphatic carbocycles. The Balaban J connectivity index is 1.57. The van der Waals surface area contributed by atoms with Gasteiger partial charge in [0.1, 0.15) is 5.75 Å². The SMILES string of the molecule is COc1ccc(S(=O)(=O)N2CCC(c3c[nH]c4ccccc34)CC2)c([N+](=O)[O-])c1. The number of fused-ring (bicyclic) bond motifs is 1. The van der Waals surface area contributed by atoms with Crippen molar-refractivity contribution < 1.29 is 18.1 Å². The van der Waals surface area contributed by atoms with Gasteiger partial charge >= 0.3 is 0 Å². The van der Waals surface area contributed by atoms with Gasteiger partial charge in [0.15, 0.2) is 4.90 Å². The summed E-state index contributed by atoms with van der Waals surface area (Å²) in [5.74, 6) is 0.483. The van der Waals surface area contributed by atoms with Crippen molar-refractivity contribution >= 4 is 26.6 Å². The highest BCUT2D eigenvalue weighted by molar-refractivity contribution is 7.89. The van der Waals surface area contributed by atoms with Crippen LogP contribution in [0.5, 0.6) is 5.75 Å². The lowest BCUT2D eigenvalue weighted by Gasteiger charge is -2.31. The Morgan fingerprint density at radius 2 is 1.90 bits per heavy atom. The average molecular weight is 415 g/mol. The van der Waals surface area contributed by atoms with E-state index in [1.165, 1.54) is 29.1 Å². The molecule has 1 fully saturated rings. The number of aromatic nitrogens is 1. The molecule has 8 nitrogen and oxygen atoms in total. The molecule has 0 atom stereocenters. The molecule has 3 aromatic rings. The Labute approximate surface area is 168 Å². The molecule has 2 heterocycles. The number of para-hydroxylation sites is 1. The zero-order valence-electron chi connectivity index (χ0n) is 15.9. The zero-order chi connectivity index (χ0) is 20.6. The molecule has 1 saturated heterocycles. The van der Waals surface area contributed by atoms with E-state index in [1.54, 1.807) is 0 Å². The van der Waals surface area contributed by atoms with Crippen LogP contribution in [0.2, 0.25) is 0 Å². The summed E-state index contributed by atoms with van der Waals surface area (Å²) in [5.41, 5.74) is 1.78. The molecule has 0 amide bonds. The van der Waals surface area contributed by atoms with Crippen molar-refractivity contribution in [3.05, 3.63) is 64.3 Å². The third kappa shape index (κ3) is 3.47. The second-order valence-corrected chi connectivity index (χ2v) is 8.97. The van der Waals surface area contributed by atoms with Gasteiger partial charge in [-0.2, -0.15) is 4.31 Å². The number of sulfonamides is 1. The number of nitro groups is 1. The van der Waals surface area contributed by atoms with Crippen molar-refractivity contribution in [1.29, 1.82) is 0 Å². The number of ether oxygens (including phenoxy) is 1. The van der Waals surface area contributed by atoms with Crippen LogP contribution in [0.25, 0.3) is 10.9 Å². The predicted molar refractivity (Wildman–Crippen MR) is 109 cm³/mol. The molecule has 0 unspecified atom stereocenters. The zero-order valence-corrected chi connectivity index (χ0v) is 16.7. The number of nitro benzene ring substituents is 1. The number of hydrogen-bond acceptors (Lipinski definition) is 5. The second-order valence-electron chi connectivity index (χ2n) is 7.06. The number of rotatable bonds is 5. The number of piperidine rings is 1. The fraction of sp³-hybridized carbons (Fsp3) is 0.300. The Morgan fingerprint density at radius 3 is 2.59 bits per heavy atom. The van der Waals surface area contributed by atoms with Gasteiger partial charge in [-0.25, -0.2) is 8.42 Å². The molecule has 0 saturated carbocycles. The van der Waals surface area contributed by atoms with E-state index in [-0.39, 0.29) is 16.6 Å². The van der Waals surface area contributed by atoms with Gasteiger partial charge < -0.3 is 9.72 Å². The van der Waals surface area contributed by atoms with Crippen molar-refractivity contribution in [3.8, 4) is 5.75 Å². The minimum absolute atomic E-state index is 0.239. The van der Waals surface area contributed by atoms with Crippen molar-refractivity contribution in [2.45, 2.75) is 23.7 Å². The number of hydrogen-bond donors (Lipinski definition) is 1. The first-order valence-electron chi connectivity index (χ1n) is 9.30. The van der Waals surface area contributed by atoms with E-state index in [1.807, 2.05) is 24.4 Å². The Hall–Kier alpha value is -2.91. The van der Waals surface area contributed by atoms with E-state index in [4.69, 9.17) is 4.74 Å². The van der Waals surface area contributed by atoms with Crippen LogP contribution < -0.4 is 4.74 Å². The number of aromatic amines is 1. The lowest BCUT2D eigenvalue weighted by molar-refractivity contribution is -0.387. The molecule has 4 rings (SSSR count). The number of nitrogens with zero attached hydrogens (tertiary/aromatic N) is 2. The molecule has 1 aliphatic heterocycles. The molecule has 1 N–H and O–H groups in total. The van der Waals surface area contributed by atoms with Gasteiger partial charge in [0.25, 0.3) is 5.69 Å². The van der Waals surface area contributed by atoms with Crippen LogP contribution in [0.15, 0.2) is 53.6 Å². The molecule has 1 aliphatic rings. The standard InChI is InChI=1S/C20H21N3O5S/c1-28-15-6-7-20(19(12-15)23(24)25)29(26,27)22-10-8-14(9-11-22)17-13-21-18-5-3-2-4-16(17)18/h2-7,12-14,21H,8-11H2,1H3. The van der Waals surface area contributed by atoms with Gasteiger partial charge in [-0.1, -0.05) is 18.2 Å². The minimum atomic E-state index is -3.97. The molecule has 29 heavy (non-hydrogen) atoms. The summed E-state index contributed by atoms with van der Waals surface area (Å²) >= 11 is 0. The Kier molecular flexibility index (Phi) is 5.01. The van der Waals surface area contributed by atoms with E-state index in [9.17, 15) is 18.5 Å². The average Bonchev–Trinajstić information content (AvgIpc) is 3.17. The summed E-state index contributed by atoms with van der Waals surface area (Å²) in [6, 6.07) is 11.9. The quantitative estimate of drug-likeness (QED) is 0.506. The van der Waals surface area contributed by atoms with E-state index < -0.39 is 20.6 Å². The van der Waals surface area contributed by atoms with E-state index in [2.05, 4.69) is 11.1 Å². The third-order valence-corrected chi connectivity index (χ3v) is 7.44. The largest absolute Gasteiger partial charge is 0.497 e. The first-order valence-corrected chi connectivity index (χ1v) is 10.7. The summed E-state index contributed by atoms with van der Waals surface area (Å²) in [7, 11) is -2.59. The normalized spacial score (nSPS) is 16.2. The summed E-state index contributed by atoms with van der Waals surface area (Å²) in [6.45, 7) is 0.630. The number of nitrogens with one attached hydrogen (secondary N) is 1. The summed E-state index contributed by atoms with van der Waals surface area (Å²) in [4.78, 5) is 13.7. The predicted octanol–water partition coefficient (Wildman–Crippen LogP) is 3.65. The number of H-pyrrole nitrogens is 1. The van der Waals surface area contributed by atoms with Gasteiger partial charge in [0.05, 0.1) is 18.1 Å². The van der Waals surface area contributed by atoms with E-state index in [0.29, 0.717) is 25.9 Å². The van der Waals surface area contributed by atoms with Gasteiger partial charge in [0.2, 0.25) is 10.0 Å². The molecule has 1 aromatic heterocycles. The fourth-order valence-corrected chi connectivity index (χ4v) is 5.57. The molecule has 2 aromatic carbocycles. The third-order valence-electron chi connectivity index (χ3n) is 5.50. The van der Waals surface area contributed by atoms with Crippen molar-refractivity contribution in [2.75, 3.05) is 20.2 Å². The van der Waals surface area contributed by atoms with Crippen LogP contribution in [0, 0.1) is 10.1 Å². The van der Waals surface area contributed by atoms with Crippen LogP contribution in [0.3, 0.4) is 0 Å². The molecular weight excluding hydrogens is 394 g/mol. The van der Waals surface area contributed by atoms with Crippen LogP contribution in [0.1, 0.15) is 24.3 Å². The van der Waals surface area contributed by atoms with Crippen LogP contribution in [-0.4, -0.2) is 42.8 Å². The monoisotopic (exact) mass is 415 g/mol. The van der Waals surface area contributed by atoms with Crippen molar-refractivity contribution in [2.24, 2.45) is 0 Å². The second kappa shape index (κ2) is 7.49. The van der Waals surface area contributed by atoms with Gasteiger partial charge in [0, 0.05) is 30.2 Å². The maximum absolute atomic E-state index is 13.1. The first kappa shape index (κ1) is 19.4. The molecule has 9 heteroatoms. The number of benzene rings is 2. The van der Waals surface area contributed by atoms with Crippen molar-refractivity contribution in [3.63, 3.8) is 0 Å². The summed E-state index contributed by atoms with van der Waals surface area (Å²) in [5, 5.41) is 12.6. The van der Waals surface area contributed by atoms with Gasteiger partial charge in [-0.15, -0.1) is 0 Å². The molecule has 0 radical (unpaired) electrons. The maximum atomic E-state index is 13.1. The summed E-state index contributed by atoms with van der Waals surface area (Å²) < 4.78 is 32.5. The van der Waals surface area contributed by atoms with Crippen LogP contribution >= 0.6 is 0 Å². The highest BCUT2D eigenvalue weighted by Gasteiger charge is 2.35. The van der Waals surface area contributed by atoms with Crippen LogP contribution in [0.4, 0.5) is 5.69 Å². The molecule has 152 valence electrons.